The Kier molecular flexibility index (Phi) is 3.83. The van der Waals surface area contributed by atoms with Gasteiger partial charge in [0.1, 0.15) is 12.1 Å². The predicted octanol–water partition coefficient (Wildman–Crippen LogP) is 0.401. The van der Waals surface area contributed by atoms with Crippen LogP contribution in [-0.4, -0.2) is 68.4 Å². The Bertz CT molecular complexity index is 824. The van der Waals surface area contributed by atoms with Gasteiger partial charge in [0, 0.05) is 19.1 Å². The lowest BCUT2D eigenvalue weighted by atomic mass is 10.0. The summed E-state index contributed by atoms with van der Waals surface area (Å²) in [5, 5.41) is 8.08. The highest BCUT2D eigenvalue weighted by molar-refractivity contribution is 5.98. The molecule has 0 bridgehead atoms. The number of nitrogens with zero attached hydrogens (tertiary/aromatic N) is 5. The second-order valence-electron chi connectivity index (χ2n) is 6.17. The number of piperidine rings is 1. The Morgan fingerprint density at radius 2 is 1.96 bits per heavy atom. The van der Waals surface area contributed by atoms with Crippen LogP contribution < -0.4 is 0 Å². The molecule has 0 N–H and O–H groups in total. The van der Waals surface area contributed by atoms with Crippen LogP contribution in [0.3, 0.4) is 0 Å². The van der Waals surface area contributed by atoms with Crippen LogP contribution in [0.1, 0.15) is 12.8 Å². The Hall–Kier alpha value is -2.97. The third kappa shape index (κ3) is 2.81. The fraction of sp³-hybridized carbons (Fsp3) is 0.438. The van der Waals surface area contributed by atoms with Crippen LogP contribution in [0.4, 0.5) is 4.79 Å². The van der Waals surface area contributed by atoms with Crippen LogP contribution in [-0.2, 0) is 20.9 Å². The maximum Gasteiger partial charge on any atom is 0.417 e. The zero-order valence-corrected chi connectivity index (χ0v) is 13.5. The predicted molar refractivity (Wildman–Crippen MR) is 85.3 cm³/mol. The summed E-state index contributed by atoms with van der Waals surface area (Å²) in [6.07, 6.45) is 0.541. The molecule has 0 aliphatic carbocycles. The molecule has 9 heteroatoms. The van der Waals surface area contributed by atoms with Gasteiger partial charge in [-0.15, -0.1) is 5.10 Å². The van der Waals surface area contributed by atoms with Gasteiger partial charge in [0.05, 0.1) is 5.52 Å². The first kappa shape index (κ1) is 15.6. The average Bonchev–Trinajstić information content (AvgIpc) is 3.19. The zero-order valence-electron chi connectivity index (χ0n) is 13.5. The molecule has 4 rings (SSSR count). The van der Waals surface area contributed by atoms with Crippen LogP contribution in [0.15, 0.2) is 24.3 Å². The molecule has 2 aliphatic rings. The number of aromatic nitrogens is 3. The molecule has 2 aliphatic heterocycles. The molecule has 1 aromatic heterocycles. The number of rotatable bonds is 3. The Balaban J connectivity index is 1.38. The van der Waals surface area contributed by atoms with Crippen molar-refractivity contribution in [1.82, 2.24) is 24.8 Å². The van der Waals surface area contributed by atoms with E-state index < -0.39 is 6.09 Å². The van der Waals surface area contributed by atoms with Crippen LogP contribution in [0, 0.1) is 0 Å². The summed E-state index contributed by atoms with van der Waals surface area (Å²) in [5.74, 6) is -0.353. The molecular formula is C16H17N5O4. The number of amides is 3. The molecule has 25 heavy (non-hydrogen) atoms. The van der Waals surface area contributed by atoms with Crippen LogP contribution in [0.2, 0.25) is 0 Å². The van der Waals surface area contributed by atoms with Gasteiger partial charge in [-0.2, -0.15) is 0 Å². The SMILES string of the molecule is O=C(Cn1nnc2ccccc21)N1CCC(N2C(=O)COC2=O)CC1. The molecule has 2 saturated heterocycles. The first-order valence-electron chi connectivity index (χ1n) is 8.18. The van der Waals surface area contributed by atoms with Gasteiger partial charge in [0.2, 0.25) is 5.91 Å². The molecular weight excluding hydrogens is 326 g/mol. The second-order valence-corrected chi connectivity index (χ2v) is 6.17. The number of benzene rings is 1. The lowest BCUT2D eigenvalue weighted by Crippen LogP contribution is -2.49. The summed E-state index contributed by atoms with van der Waals surface area (Å²) in [6.45, 7) is 0.924. The van der Waals surface area contributed by atoms with E-state index in [4.69, 9.17) is 4.74 Å². The van der Waals surface area contributed by atoms with Crippen molar-refractivity contribution in [3.05, 3.63) is 24.3 Å². The van der Waals surface area contributed by atoms with Gasteiger partial charge in [-0.05, 0) is 25.0 Å². The standard InChI is InChI=1S/C16H17N5O4/c22-14(9-20-13-4-2-1-3-12(13)17-18-20)19-7-5-11(6-8-19)21-15(23)10-25-16(21)24/h1-4,11H,5-10H2. The number of para-hydroxylation sites is 1. The number of imide groups is 1. The molecule has 2 fully saturated rings. The molecule has 0 radical (unpaired) electrons. The quantitative estimate of drug-likeness (QED) is 0.800. The second kappa shape index (κ2) is 6.15. The van der Waals surface area contributed by atoms with Gasteiger partial charge in [-0.3, -0.25) is 9.59 Å². The number of hydrogen-bond acceptors (Lipinski definition) is 6. The van der Waals surface area contributed by atoms with Crippen LogP contribution >= 0.6 is 0 Å². The monoisotopic (exact) mass is 343 g/mol. The molecule has 1 aromatic carbocycles. The molecule has 0 spiro atoms. The van der Waals surface area contributed by atoms with E-state index in [-0.39, 0.29) is 31.0 Å². The molecule has 3 amide bonds. The average molecular weight is 343 g/mol. The molecule has 3 heterocycles. The summed E-state index contributed by atoms with van der Waals surface area (Å²) in [7, 11) is 0. The first-order chi connectivity index (χ1) is 12.1. The number of hydrogen-bond donors (Lipinski definition) is 0. The van der Waals surface area contributed by atoms with E-state index in [0.29, 0.717) is 25.9 Å². The van der Waals surface area contributed by atoms with Gasteiger partial charge < -0.3 is 9.64 Å². The number of ether oxygens (including phenoxy) is 1. The molecule has 0 unspecified atom stereocenters. The first-order valence-corrected chi connectivity index (χ1v) is 8.18. The summed E-state index contributed by atoms with van der Waals surface area (Å²) >= 11 is 0. The molecule has 0 saturated carbocycles. The van der Waals surface area contributed by atoms with E-state index in [1.54, 1.807) is 9.58 Å². The summed E-state index contributed by atoms with van der Waals surface area (Å²) in [4.78, 5) is 38.8. The number of fused-ring (bicyclic) bond motifs is 1. The van der Waals surface area contributed by atoms with Crippen molar-refractivity contribution in [2.75, 3.05) is 19.7 Å². The van der Waals surface area contributed by atoms with Crippen molar-refractivity contribution in [1.29, 1.82) is 0 Å². The van der Waals surface area contributed by atoms with Crippen molar-refractivity contribution in [2.45, 2.75) is 25.4 Å². The topological polar surface area (TPSA) is 97.6 Å². The van der Waals surface area contributed by atoms with Gasteiger partial charge in [0.15, 0.2) is 6.61 Å². The fourth-order valence-corrected chi connectivity index (χ4v) is 3.35. The van der Waals surface area contributed by atoms with E-state index in [0.717, 1.165) is 11.0 Å². The normalized spacial score (nSPS) is 18.9. The van der Waals surface area contributed by atoms with Crippen molar-refractivity contribution in [2.24, 2.45) is 0 Å². The number of carbonyl (C=O) groups is 3. The van der Waals surface area contributed by atoms with Gasteiger partial charge in [-0.25, -0.2) is 14.4 Å². The highest BCUT2D eigenvalue weighted by Gasteiger charge is 2.39. The lowest BCUT2D eigenvalue weighted by Gasteiger charge is -2.34. The Morgan fingerprint density at radius 3 is 2.68 bits per heavy atom. The summed E-state index contributed by atoms with van der Waals surface area (Å²) in [6, 6.07) is 7.28. The maximum absolute atomic E-state index is 12.5. The van der Waals surface area contributed by atoms with E-state index in [2.05, 4.69) is 10.3 Å². The van der Waals surface area contributed by atoms with Crippen molar-refractivity contribution < 1.29 is 19.1 Å². The molecule has 2 aromatic rings. The highest BCUT2D eigenvalue weighted by Crippen LogP contribution is 2.21. The summed E-state index contributed by atoms with van der Waals surface area (Å²) < 4.78 is 6.34. The van der Waals surface area contributed by atoms with E-state index in [9.17, 15) is 14.4 Å². The fourth-order valence-electron chi connectivity index (χ4n) is 3.35. The molecule has 130 valence electrons. The largest absolute Gasteiger partial charge is 0.439 e. The molecule has 0 atom stereocenters. The Morgan fingerprint density at radius 1 is 1.20 bits per heavy atom. The minimum atomic E-state index is -0.580. The van der Waals surface area contributed by atoms with Crippen LogP contribution in [0.25, 0.3) is 11.0 Å². The van der Waals surface area contributed by atoms with Crippen molar-refractivity contribution in [3.8, 4) is 0 Å². The third-order valence-corrected chi connectivity index (χ3v) is 4.67. The zero-order chi connectivity index (χ0) is 17.4. The van der Waals surface area contributed by atoms with E-state index in [1.165, 1.54) is 4.90 Å². The highest BCUT2D eigenvalue weighted by atomic mass is 16.6. The third-order valence-electron chi connectivity index (χ3n) is 4.67. The lowest BCUT2D eigenvalue weighted by molar-refractivity contribution is -0.134. The number of carbonyl (C=O) groups excluding carboxylic acids is 3. The van der Waals surface area contributed by atoms with Gasteiger partial charge in [-0.1, -0.05) is 17.3 Å². The van der Waals surface area contributed by atoms with Gasteiger partial charge in [0.25, 0.3) is 5.91 Å². The smallest absolute Gasteiger partial charge is 0.417 e. The Labute approximate surface area is 143 Å². The minimum absolute atomic E-state index is 0.0515. The van der Waals surface area contributed by atoms with Gasteiger partial charge >= 0.3 is 6.09 Å². The molecule has 9 nitrogen and oxygen atoms in total. The summed E-state index contributed by atoms with van der Waals surface area (Å²) in [5.41, 5.74) is 1.57. The maximum atomic E-state index is 12.5. The van der Waals surface area contributed by atoms with E-state index in [1.807, 2.05) is 24.3 Å². The van der Waals surface area contributed by atoms with Crippen molar-refractivity contribution >= 4 is 28.9 Å². The van der Waals surface area contributed by atoms with Crippen LogP contribution in [0.5, 0.6) is 0 Å². The van der Waals surface area contributed by atoms with Crippen molar-refractivity contribution in [3.63, 3.8) is 0 Å². The number of cyclic esters (lactones) is 1. The minimum Gasteiger partial charge on any atom is -0.439 e. The van der Waals surface area contributed by atoms with E-state index >= 15 is 0 Å². The number of likely N-dealkylation sites (tertiary alicyclic amines) is 1.